The molecule has 19 heavy (non-hydrogen) atoms. The molecule has 0 fully saturated rings. The number of hydrogen-bond acceptors (Lipinski definition) is 2. The lowest BCUT2D eigenvalue weighted by molar-refractivity contribution is 0.105. The number of aryl methyl sites for hydroxylation is 1. The van der Waals surface area contributed by atoms with E-state index >= 15 is 0 Å². The second-order valence-corrected chi connectivity index (χ2v) is 5.52. The van der Waals surface area contributed by atoms with Gasteiger partial charge in [0.15, 0.2) is 0 Å². The normalized spacial score (nSPS) is 15.2. The van der Waals surface area contributed by atoms with E-state index in [-0.39, 0.29) is 5.60 Å². The van der Waals surface area contributed by atoms with E-state index in [0.717, 1.165) is 17.1 Å². The first kappa shape index (κ1) is 12.1. The van der Waals surface area contributed by atoms with Crippen molar-refractivity contribution in [1.82, 2.24) is 0 Å². The minimum atomic E-state index is -0.301. The molecule has 0 radical (unpaired) electrons. The molecule has 3 rings (SSSR count). The summed E-state index contributed by atoms with van der Waals surface area (Å²) < 4.78 is 11.5. The second kappa shape index (κ2) is 4.02. The standard InChI is InChI=1S/C17H18O2/c1-11-5-7-15-13(9-11)14-10-12(18-4)6-8-16(14)19-17(15,2)3/h5-10H,1-4H3. The summed E-state index contributed by atoms with van der Waals surface area (Å²) in [5.41, 5.74) is 4.52. The monoisotopic (exact) mass is 254 g/mol. The van der Waals surface area contributed by atoms with Gasteiger partial charge >= 0.3 is 0 Å². The summed E-state index contributed by atoms with van der Waals surface area (Å²) in [6, 6.07) is 12.5. The van der Waals surface area contributed by atoms with Crippen molar-refractivity contribution < 1.29 is 9.47 Å². The van der Waals surface area contributed by atoms with Crippen LogP contribution in [0.1, 0.15) is 25.0 Å². The number of fused-ring (bicyclic) bond motifs is 3. The Morgan fingerprint density at radius 2 is 1.79 bits per heavy atom. The summed E-state index contributed by atoms with van der Waals surface area (Å²) >= 11 is 0. The van der Waals surface area contributed by atoms with Gasteiger partial charge in [-0.3, -0.25) is 0 Å². The molecule has 0 aromatic heterocycles. The summed E-state index contributed by atoms with van der Waals surface area (Å²) in [6.07, 6.45) is 0. The predicted molar refractivity (Wildman–Crippen MR) is 76.8 cm³/mol. The minimum Gasteiger partial charge on any atom is -0.497 e. The molecule has 2 heteroatoms. The number of benzene rings is 2. The SMILES string of the molecule is COc1ccc2c(c1)-c1cc(C)ccc1C(C)(C)O2. The molecule has 0 spiro atoms. The average Bonchev–Trinajstić information content (AvgIpc) is 2.37. The molecule has 0 N–H and O–H groups in total. The molecule has 1 aliphatic heterocycles. The molecule has 2 aromatic carbocycles. The first-order valence-electron chi connectivity index (χ1n) is 6.50. The van der Waals surface area contributed by atoms with Crippen LogP contribution in [-0.2, 0) is 5.60 Å². The van der Waals surface area contributed by atoms with E-state index in [4.69, 9.17) is 9.47 Å². The summed E-state index contributed by atoms with van der Waals surface area (Å²) in [5, 5.41) is 0. The van der Waals surface area contributed by atoms with E-state index in [1.54, 1.807) is 7.11 Å². The van der Waals surface area contributed by atoms with Crippen molar-refractivity contribution in [2.45, 2.75) is 26.4 Å². The molecule has 1 aliphatic rings. The third-order valence-corrected chi connectivity index (χ3v) is 3.67. The Kier molecular flexibility index (Phi) is 2.56. The van der Waals surface area contributed by atoms with Crippen LogP contribution in [0.15, 0.2) is 36.4 Å². The van der Waals surface area contributed by atoms with Crippen LogP contribution >= 0.6 is 0 Å². The molecule has 98 valence electrons. The van der Waals surface area contributed by atoms with E-state index in [0.29, 0.717) is 0 Å². The molecule has 0 unspecified atom stereocenters. The van der Waals surface area contributed by atoms with Gasteiger partial charge in [0.05, 0.1) is 7.11 Å². The Labute approximate surface area is 114 Å². The van der Waals surface area contributed by atoms with Crippen molar-refractivity contribution >= 4 is 0 Å². The highest BCUT2D eigenvalue weighted by Crippen LogP contribution is 2.46. The van der Waals surface area contributed by atoms with Gasteiger partial charge in [0.1, 0.15) is 17.1 Å². The van der Waals surface area contributed by atoms with Crippen molar-refractivity contribution in [2.75, 3.05) is 7.11 Å². The largest absolute Gasteiger partial charge is 0.497 e. The molecule has 0 saturated heterocycles. The Bertz CT molecular complexity index is 642. The van der Waals surface area contributed by atoms with Crippen LogP contribution in [0.3, 0.4) is 0 Å². The smallest absolute Gasteiger partial charge is 0.129 e. The van der Waals surface area contributed by atoms with Crippen molar-refractivity contribution in [2.24, 2.45) is 0 Å². The number of methoxy groups -OCH3 is 1. The fourth-order valence-corrected chi connectivity index (χ4v) is 2.67. The molecule has 0 saturated carbocycles. The van der Waals surface area contributed by atoms with Crippen molar-refractivity contribution in [3.8, 4) is 22.6 Å². The van der Waals surface area contributed by atoms with Crippen molar-refractivity contribution in [3.05, 3.63) is 47.5 Å². The van der Waals surface area contributed by atoms with Crippen LogP contribution in [0.25, 0.3) is 11.1 Å². The summed E-state index contributed by atoms with van der Waals surface area (Å²) in [5.74, 6) is 1.78. The molecular weight excluding hydrogens is 236 g/mol. The highest BCUT2D eigenvalue weighted by Gasteiger charge is 2.32. The van der Waals surface area contributed by atoms with Gasteiger partial charge in [-0.05, 0) is 44.5 Å². The summed E-state index contributed by atoms with van der Waals surface area (Å²) in [4.78, 5) is 0. The zero-order chi connectivity index (χ0) is 13.6. The topological polar surface area (TPSA) is 18.5 Å². The number of hydrogen-bond donors (Lipinski definition) is 0. The maximum atomic E-state index is 6.13. The number of ether oxygens (including phenoxy) is 2. The average molecular weight is 254 g/mol. The van der Waals surface area contributed by atoms with Gasteiger partial charge in [0.2, 0.25) is 0 Å². The van der Waals surface area contributed by atoms with Crippen LogP contribution in [0.2, 0.25) is 0 Å². The molecule has 0 atom stereocenters. The summed E-state index contributed by atoms with van der Waals surface area (Å²) in [7, 11) is 1.69. The lowest BCUT2D eigenvalue weighted by Crippen LogP contribution is -2.29. The molecular formula is C17H18O2. The van der Waals surface area contributed by atoms with E-state index < -0.39 is 0 Å². The third kappa shape index (κ3) is 1.88. The minimum absolute atomic E-state index is 0.301. The van der Waals surface area contributed by atoms with E-state index in [1.807, 2.05) is 18.2 Å². The zero-order valence-corrected chi connectivity index (χ0v) is 11.8. The molecule has 1 heterocycles. The Morgan fingerprint density at radius 1 is 1.00 bits per heavy atom. The van der Waals surface area contributed by atoms with Gasteiger partial charge in [0, 0.05) is 11.1 Å². The third-order valence-electron chi connectivity index (χ3n) is 3.67. The Morgan fingerprint density at radius 3 is 2.53 bits per heavy atom. The van der Waals surface area contributed by atoms with Crippen LogP contribution in [0, 0.1) is 6.92 Å². The quantitative estimate of drug-likeness (QED) is 0.755. The van der Waals surface area contributed by atoms with Gasteiger partial charge in [0.25, 0.3) is 0 Å². The predicted octanol–water partition coefficient (Wildman–Crippen LogP) is 4.30. The van der Waals surface area contributed by atoms with Gasteiger partial charge in [-0.1, -0.05) is 23.8 Å². The van der Waals surface area contributed by atoms with Gasteiger partial charge in [-0.15, -0.1) is 0 Å². The Hall–Kier alpha value is -1.96. The first-order valence-corrected chi connectivity index (χ1v) is 6.50. The fraction of sp³-hybridized carbons (Fsp3) is 0.294. The van der Waals surface area contributed by atoms with Crippen LogP contribution in [-0.4, -0.2) is 7.11 Å². The highest BCUT2D eigenvalue weighted by molar-refractivity contribution is 5.78. The van der Waals surface area contributed by atoms with Crippen LogP contribution in [0.4, 0.5) is 0 Å². The van der Waals surface area contributed by atoms with Crippen LogP contribution < -0.4 is 9.47 Å². The maximum Gasteiger partial charge on any atom is 0.129 e. The van der Waals surface area contributed by atoms with Crippen LogP contribution in [0.5, 0.6) is 11.5 Å². The molecule has 0 amide bonds. The molecule has 0 bridgehead atoms. The van der Waals surface area contributed by atoms with E-state index in [1.165, 1.54) is 16.7 Å². The van der Waals surface area contributed by atoms with E-state index in [9.17, 15) is 0 Å². The van der Waals surface area contributed by atoms with Gasteiger partial charge < -0.3 is 9.47 Å². The first-order chi connectivity index (χ1) is 9.01. The summed E-state index contributed by atoms with van der Waals surface area (Å²) in [6.45, 7) is 6.32. The number of rotatable bonds is 1. The lowest BCUT2D eigenvalue weighted by Gasteiger charge is -2.35. The zero-order valence-electron chi connectivity index (χ0n) is 11.8. The highest BCUT2D eigenvalue weighted by atomic mass is 16.5. The molecule has 0 aliphatic carbocycles. The second-order valence-electron chi connectivity index (χ2n) is 5.52. The fourth-order valence-electron chi connectivity index (χ4n) is 2.67. The van der Waals surface area contributed by atoms with Gasteiger partial charge in [-0.2, -0.15) is 0 Å². The lowest BCUT2D eigenvalue weighted by atomic mass is 9.85. The van der Waals surface area contributed by atoms with E-state index in [2.05, 4.69) is 39.0 Å². The Balaban J connectivity index is 2.29. The maximum absolute atomic E-state index is 6.13. The van der Waals surface area contributed by atoms with Gasteiger partial charge in [-0.25, -0.2) is 0 Å². The molecule has 2 nitrogen and oxygen atoms in total. The molecule has 2 aromatic rings. The van der Waals surface area contributed by atoms with Crippen molar-refractivity contribution in [1.29, 1.82) is 0 Å². The van der Waals surface area contributed by atoms with Crippen molar-refractivity contribution in [3.63, 3.8) is 0 Å².